The van der Waals surface area contributed by atoms with Crippen molar-refractivity contribution in [3.63, 3.8) is 0 Å². The maximum Gasteiger partial charge on any atom is 0.408 e. The Labute approximate surface area is 190 Å². The molecule has 4 rings (SSSR count). The summed E-state index contributed by atoms with van der Waals surface area (Å²) in [4.78, 5) is 41.6. The minimum absolute atomic E-state index is 0.252. The number of nitrogens with one attached hydrogen (secondary N) is 3. The van der Waals surface area contributed by atoms with E-state index >= 15 is 0 Å². The van der Waals surface area contributed by atoms with Gasteiger partial charge in [0.05, 0.1) is 0 Å². The van der Waals surface area contributed by atoms with Crippen LogP contribution >= 0.6 is 0 Å². The predicted octanol–water partition coefficient (Wildman–Crippen LogP) is 3.05. The van der Waals surface area contributed by atoms with E-state index in [0.29, 0.717) is 11.1 Å². The zero-order valence-corrected chi connectivity index (χ0v) is 18.6. The molecule has 170 valence electrons. The molecule has 0 fully saturated rings. The van der Waals surface area contributed by atoms with Crippen LogP contribution in [0.1, 0.15) is 37.9 Å². The van der Waals surface area contributed by atoms with Gasteiger partial charge >= 0.3 is 6.09 Å². The van der Waals surface area contributed by atoms with Gasteiger partial charge in [0.1, 0.15) is 12.1 Å². The third kappa shape index (κ3) is 4.87. The van der Waals surface area contributed by atoms with Crippen molar-refractivity contribution in [2.75, 3.05) is 6.54 Å². The Bertz CT molecular complexity index is 1230. The summed E-state index contributed by atoms with van der Waals surface area (Å²) < 4.78 is 5.20. The number of para-hydroxylation sites is 1. The summed E-state index contributed by atoms with van der Waals surface area (Å²) in [5, 5.41) is 11.6. The van der Waals surface area contributed by atoms with Crippen molar-refractivity contribution in [2.24, 2.45) is 5.10 Å². The van der Waals surface area contributed by atoms with Gasteiger partial charge in [-0.1, -0.05) is 48.5 Å². The van der Waals surface area contributed by atoms with Crippen LogP contribution in [0.25, 0.3) is 10.9 Å². The third-order valence-electron chi connectivity index (χ3n) is 4.94. The van der Waals surface area contributed by atoms with Gasteiger partial charge in [-0.3, -0.25) is 9.59 Å². The lowest BCUT2D eigenvalue weighted by Gasteiger charge is -2.31. The van der Waals surface area contributed by atoms with Crippen LogP contribution in [0.5, 0.6) is 0 Å². The number of hydrazone groups is 1. The van der Waals surface area contributed by atoms with Gasteiger partial charge in [-0.15, -0.1) is 0 Å². The van der Waals surface area contributed by atoms with Crippen LogP contribution in [-0.4, -0.2) is 45.9 Å². The van der Waals surface area contributed by atoms with E-state index in [2.05, 4.69) is 20.7 Å². The van der Waals surface area contributed by atoms with Gasteiger partial charge in [-0.2, -0.15) is 5.10 Å². The zero-order chi connectivity index (χ0) is 23.6. The van der Waals surface area contributed by atoms with E-state index in [0.717, 1.165) is 15.9 Å². The zero-order valence-electron chi connectivity index (χ0n) is 18.6. The number of fused-ring (bicyclic) bond motifs is 1. The summed E-state index contributed by atoms with van der Waals surface area (Å²) in [6.07, 6.45) is 0.965. The van der Waals surface area contributed by atoms with E-state index in [1.165, 1.54) is 0 Å². The monoisotopic (exact) mass is 447 g/mol. The molecule has 0 aliphatic carbocycles. The first-order valence-electron chi connectivity index (χ1n) is 10.5. The number of benzene rings is 2. The number of amides is 3. The Morgan fingerprint density at radius 1 is 1.09 bits per heavy atom. The van der Waals surface area contributed by atoms with E-state index in [1.807, 2.05) is 42.5 Å². The quantitative estimate of drug-likeness (QED) is 0.570. The van der Waals surface area contributed by atoms with Gasteiger partial charge in [-0.25, -0.2) is 9.80 Å². The van der Waals surface area contributed by atoms with Crippen molar-refractivity contribution in [3.8, 4) is 0 Å². The lowest BCUT2D eigenvalue weighted by Crippen LogP contribution is -2.51. The number of hydrogen-bond donors (Lipinski definition) is 3. The minimum Gasteiger partial charge on any atom is -0.444 e. The molecular weight excluding hydrogens is 422 g/mol. The second-order valence-electron chi connectivity index (χ2n) is 8.59. The van der Waals surface area contributed by atoms with Crippen LogP contribution in [0.2, 0.25) is 0 Å². The first-order valence-corrected chi connectivity index (χ1v) is 10.5. The smallest absolute Gasteiger partial charge is 0.408 e. The molecular formula is C24H25N5O4. The minimum atomic E-state index is -1.01. The van der Waals surface area contributed by atoms with Crippen LogP contribution in [0.4, 0.5) is 4.79 Å². The molecule has 0 spiro atoms. The number of carbonyl (C=O) groups is 3. The molecule has 0 unspecified atom stereocenters. The molecule has 0 saturated carbocycles. The summed E-state index contributed by atoms with van der Waals surface area (Å²) in [7, 11) is 0. The first-order chi connectivity index (χ1) is 15.7. The molecule has 3 aromatic rings. The number of hydrogen-bond acceptors (Lipinski definition) is 5. The highest BCUT2D eigenvalue weighted by molar-refractivity contribution is 6.12. The normalized spacial score (nSPS) is 16.2. The van der Waals surface area contributed by atoms with Crippen molar-refractivity contribution < 1.29 is 19.1 Å². The number of nitrogens with zero attached hydrogens (tertiary/aromatic N) is 2. The van der Waals surface area contributed by atoms with E-state index < -0.39 is 29.6 Å². The number of aromatic amines is 1. The van der Waals surface area contributed by atoms with Gasteiger partial charge in [0.15, 0.2) is 11.9 Å². The highest BCUT2D eigenvalue weighted by atomic mass is 16.6. The molecule has 33 heavy (non-hydrogen) atoms. The van der Waals surface area contributed by atoms with Crippen molar-refractivity contribution in [2.45, 2.75) is 32.4 Å². The Morgan fingerprint density at radius 3 is 2.52 bits per heavy atom. The summed E-state index contributed by atoms with van der Waals surface area (Å²) in [6, 6.07) is 15.5. The fourth-order valence-corrected chi connectivity index (χ4v) is 3.55. The molecule has 1 aromatic heterocycles. The third-order valence-corrected chi connectivity index (χ3v) is 4.94. The molecule has 3 amide bonds. The number of rotatable bonds is 4. The number of amidine groups is 1. The van der Waals surface area contributed by atoms with E-state index in [4.69, 9.17) is 4.74 Å². The number of carbonyl (C=O) groups excluding carboxylic acids is 3. The Balaban J connectivity index is 1.67. The molecule has 3 N–H and O–H groups in total. The summed E-state index contributed by atoms with van der Waals surface area (Å²) in [5.41, 5.74) is 1.38. The maximum atomic E-state index is 13.2. The standard InChI is InChI=1S/C24H25N5O4/c1-24(2,3)33-23(32)26-14-19(30)29-20(17-13-25-18-12-8-7-11-16(17)18)22(31)27-21(28-29)15-9-5-4-6-10-15/h4-13,20,25H,14H2,1-3H3,(H,26,32)(H,27,28,31)/t20-/m1/s1. The Morgan fingerprint density at radius 2 is 1.79 bits per heavy atom. The average molecular weight is 447 g/mol. The van der Waals surface area contributed by atoms with Crippen molar-refractivity contribution >= 4 is 34.6 Å². The van der Waals surface area contributed by atoms with Crippen LogP contribution in [0.15, 0.2) is 65.9 Å². The van der Waals surface area contributed by atoms with Gasteiger partial charge in [0.25, 0.3) is 11.8 Å². The molecule has 0 saturated heterocycles. The first kappa shape index (κ1) is 22.1. The molecule has 1 atom stereocenters. The largest absolute Gasteiger partial charge is 0.444 e. The van der Waals surface area contributed by atoms with E-state index in [-0.39, 0.29) is 12.4 Å². The second kappa shape index (κ2) is 8.78. The summed E-state index contributed by atoms with van der Waals surface area (Å²) >= 11 is 0. The van der Waals surface area contributed by atoms with Crippen molar-refractivity contribution in [1.29, 1.82) is 0 Å². The van der Waals surface area contributed by atoms with Crippen LogP contribution in [-0.2, 0) is 14.3 Å². The van der Waals surface area contributed by atoms with Crippen molar-refractivity contribution in [1.82, 2.24) is 20.6 Å². The molecule has 2 aromatic carbocycles. The Kier molecular flexibility index (Phi) is 5.87. The lowest BCUT2D eigenvalue weighted by atomic mass is 10.0. The molecule has 2 heterocycles. The molecule has 0 bridgehead atoms. The molecule has 0 radical (unpaired) electrons. The van der Waals surface area contributed by atoms with Gasteiger partial charge in [-0.05, 0) is 26.8 Å². The number of ether oxygens (including phenoxy) is 1. The van der Waals surface area contributed by atoms with Crippen LogP contribution < -0.4 is 10.6 Å². The number of alkyl carbamates (subject to hydrolysis) is 1. The Hall–Kier alpha value is -4.14. The predicted molar refractivity (Wildman–Crippen MR) is 123 cm³/mol. The number of aromatic nitrogens is 1. The highest BCUT2D eigenvalue weighted by Crippen LogP contribution is 2.31. The topological polar surface area (TPSA) is 116 Å². The fourth-order valence-electron chi connectivity index (χ4n) is 3.55. The summed E-state index contributed by atoms with van der Waals surface area (Å²) in [6.45, 7) is 4.80. The highest BCUT2D eigenvalue weighted by Gasteiger charge is 2.38. The van der Waals surface area contributed by atoms with Gasteiger partial charge in [0, 0.05) is 28.2 Å². The molecule has 9 nitrogen and oxygen atoms in total. The molecule has 1 aliphatic heterocycles. The summed E-state index contributed by atoms with van der Waals surface area (Å²) in [5.74, 6) is -0.707. The van der Waals surface area contributed by atoms with E-state index in [9.17, 15) is 14.4 Å². The average Bonchev–Trinajstić information content (AvgIpc) is 3.20. The van der Waals surface area contributed by atoms with Crippen molar-refractivity contribution in [3.05, 3.63) is 71.9 Å². The number of H-pyrrole nitrogens is 1. The fraction of sp³-hybridized carbons (Fsp3) is 0.250. The van der Waals surface area contributed by atoms with Gasteiger partial charge < -0.3 is 20.4 Å². The molecule has 1 aliphatic rings. The SMILES string of the molecule is CC(C)(C)OC(=O)NCC(=O)N1N=C(c2ccccc2)NC(=O)[C@H]1c1c[nH]c2ccccc12. The van der Waals surface area contributed by atoms with Crippen LogP contribution in [0, 0.1) is 0 Å². The maximum absolute atomic E-state index is 13.2. The second-order valence-corrected chi connectivity index (χ2v) is 8.59. The van der Waals surface area contributed by atoms with Crippen LogP contribution in [0.3, 0.4) is 0 Å². The molecule has 9 heteroatoms. The van der Waals surface area contributed by atoms with Gasteiger partial charge in [0.2, 0.25) is 0 Å². The van der Waals surface area contributed by atoms with E-state index in [1.54, 1.807) is 39.1 Å². The lowest BCUT2D eigenvalue weighted by molar-refractivity contribution is -0.140.